The summed E-state index contributed by atoms with van der Waals surface area (Å²) in [4.78, 5) is 0. The Hall–Kier alpha value is -0.220. The average Bonchev–Trinajstić information content (AvgIpc) is 2.75. The van der Waals surface area contributed by atoms with Crippen LogP contribution in [-0.4, -0.2) is 32.7 Å². The Bertz CT molecular complexity index is 172. The Balaban J connectivity index is 2.06. The Morgan fingerprint density at radius 3 is 2.56 bits per heavy atom. The van der Waals surface area contributed by atoms with E-state index in [1.165, 1.54) is 25.7 Å². The first-order valence-corrected chi connectivity index (χ1v) is 6.25. The topological polar surface area (TPSA) is 21.3 Å². The molecule has 0 amide bonds. The number of alkyl halides is 2. The summed E-state index contributed by atoms with van der Waals surface area (Å²) in [6, 6.07) is 0.417. The van der Waals surface area contributed by atoms with E-state index < -0.39 is 13.0 Å². The first kappa shape index (κ1) is 13.8. The van der Waals surface area contributed by atoms with Crippen molar-refractivity contribution in [3.05, 3.63) is 0 Å². The van der Waals surface area contributed by atoms with Gasteiger partial charge in [-0.3, -0.25) is 0 Å². The minimum atomic E-state index is -2.34. The summed E-state index contributed by atoms with van der Waals surface area (Å²) < 4.78 is 28.6. The van der Waals surface area contributed by atoms with Gasteiger partial charge in [0.2, 0.25) is 0 Å². The Morgan fingerprint density at radius 2 is 2.00 bits per heavy atom. The zero-order chi connectivity index (χ0) is 11.8. The molecule has 0 aromatic carbocycles. The fraction of sp³-hybridized carbons (Fsp3) is 1.00. The molecule has 0 aromatic heterocycles. The van der Waals surface area contributed by atoms with Gasteiger partial charge in [-0.05, 0) is 25.8 Å². The summed E-state index contributed by atoms with van der Waals surface area (Å²) in [5.41, 5.74) is 0. The maximum absolute atomic E-state index is 11.8. The number of nitrogens with one attached hydrogen (secondary N) is 1. The van der Waals surface area contributed by atoms with Crippen molar-refractivity contribution in [1.82, 2.24) is 5.32 Å². The summed E-state index contributed by atoms with van der Waals surface area (Å²) in [6.45, 7) is 0.00241. The van der Waals surface area contributed by atoms with Crippen molar-refractivity contribution in [3.63, 3.8) is 0 Å². The molecule has 0 radical (unpaired) electrons. The predicted molar refractivity (Wildman–Crippen MR) is 60.9 cm³/mol. The molecule has 0 spiro atoms. The highest BCUT2D eigenvalue weighted by atomic mass is 19.3. The molecule has 1 fully saturated rings. The van der Waals surface area contributed by atoms with Crippen LogP contribution < -0.4 is 5.32 Å². The van der Waals surface area contributed by atoms with Gasteiger partial charge in [-0.2, -0.15) is 0 Å². The van der Waals surface area contributed by atoms with Crippen molar-refractivity contribution in [2.24, 2.45) is 5.92 Å². The van der Waals surface area contributed by atoms with Crippen LogP contribution in [0.1, 0.15) is 38.5 Å². The molecule has 0 saturated heterocycles. The second kappa shape index (κ2) is 7.96. The van der Waals surface area contributed by atoms with Gasteiger partial charge in [0.1, 0.15) is 6.61 Å². The second-order valence-corrected chi connectivity index (χ2v) is 4.63. The van der Waals surface area contributed by atoms with Gasteiger partial charge in [-0.15, -0.1) is 0 Å². The standard InChI is InChI=1S/C12H23F2NO/c1-15-11(6-7-16-9-12(13)14)8-10-4-2-3-5-10/h10-12,15H,2-9H2,1H3. The van der Waals surface area contributed by atoms with E-state index in [4.69, 9.17) is 4.74 Å². The molecule has 1 rings (SSSR count). The molecule has 0 aromatic rings. The number of hydrogen-bond acceptors (Lipinski definition) is 2. The normalized spacial score (nSPS) is 19.5. The molecular weight excluding hydrogens is 212 g/mol. The molecule has 4 heteroatoms. The Labute approximate surface area is 96.7 Å². The fourth-order valence-corrected chi connectivity index (χ4v) is 2.43. The zero-order valence-corrected chi connectivity index (χ0v) is 10.1. The number of ether oxygens (including phenoxy) is 1. The highest BCUT2D eigenvalue weighted by molar-refractivity contribution is 4.74. The largest absolute Gasteiger partial charge is 0.375 e. The van der Waals surface area contributed by atoms with E-state index in [2.05, 4.69) is 5.32 Å². The summed E-state index contributed by atoms with van der Waals surface area (Å²) in [5, 5.41) is 3.25. The molecule has 0 heterocycles. The first-order chi connectivity index (χ1) is 7.72. The van der Waals surface area contributed by atoms with Crippen LogP contribution in [0.3, 0.4) is 0 Å². The summed E-state index contributed by atoms with van der Waals surface area (Å²) in [7, 11) is 1.94. The van der Waals surface area contributed by atoms with E-state index >= 15 is 0 Å². The van der Waals surface area contributed by atoms with Crippen LogP contribution >= 0.6 is 0 Å². The average molecular weight is 235 g/mol. The molecule has 1 N–H and O–H groups in total. The van der Waals surface area contributed by atoms with Crippen molar-refractivity contribution >= 4 is 0 Å². The molecule has 16 heavy (non-hydrogen) atoms. The van der Waals surface area contributed by atoms with Gasteiger partial charge >= 0.3 is 0 Å². The lowest BCUT2D eigenvalue weighted by molar-refractivity contribution is 0.0140. The minimum absolute atomic E-state index is 0.417. The highest BCUT2D eigenvalue weighted by Gasteiger charge is 2.19. The van der Waals surface area contributed by atoms with Crippen molar-refractivity contribution in [2.45, 2.75) is 51.0 Å². The van der Waals surface area contributed by atoms with Gasteiger partial charge in [0, 0.05) is 12.6 Å². The van der Waals surface area contributed by atoms with Crippen molar-refractivity contribution in [2.75, 3.05) is 20.3 Å². The van der Waals surface area contributed by atoms with Gasteiger partial charge < -0.3 is 10.1 Å². The van der Waals surface area contributed by atoms with E-state index in [0.717, 1.165) is 18.8 Å². The van der Waals surface area contributed by atoms with Crippen LogP contribution in [0.4, 0.5) is 8.78 Å². The van der Waals surface area contributed by atoms with Gasteiger partial charge in [0.15, 0.2) is 0 Å². The van der Waals surface area contributed by atoms with E-state index in [1.807, 2.05) is 7.05 Å². The smallest absolute Gasteiger partial charge is 0.261 e. The van der Waals surface area contributed by atoms with Crippen LogP contribution in [0.25, 0.3) is 0 Å². The maximum Gasteiger partial charge on any atom is 0.261 e. The quantitative estimate of drug-likeness (QED) is 0.653. The zero-order valence-electron chi connectivity index (χ0n) is 10.1. The van der Waals surface area contributed by atoms with E-state index in [1.54, 1.807) is 0 Å². The summed E-state index contributed by atoms with van der Waals surface area (Å²) >= 11 is 0. The minimum Gasteiger partial charge on any atom is -0.375 e. The molecule has 1 atom stereocenters. The molecule has 1 unspecified atom stereocenters. The van der Waals surface area contributed by atoms with Gasteiger partial charge in [-0.1, -0.05) is 25.7 Å². The first-order valence-electron chi connectivity index (χ1n) is 6.25. The molecule has 0 bridgehead atoms. The lowest BCUT2D eigenvalue weighted by Crippen LogP contribution is -2.29. The van der Waals surface area contributed by atoms with E-state index in [9.17, 15) is 8.78 Å². The van der Waals surface area contributed by atoms with Crippen LogP contribution in [0.5, 0.6) is 0 Å². The van der Waals surface area contributed by atoms with E-state index in [0.29, 0.717) is 12.6 Å². The number of rotatable bonds is 8. The molecule has 2 nitrogen and oxygen atoms in total. The predicted octanol–water partition coefficient (Wildman–Crippen LogP) is 2.83. The lowest BCUT2D eigenvalue weighted by Gasteiger charge is -2.19. The Morgan fingerprint density at radius 1 is 1.31 bits per heavy atom. The fourth-order valence-electron chi connectivity index (χ4n) is 2.43. The van der Waals surface area contributed by atoms with E-state index in [-0.39, 0.29) is 0 Å². The van der Waals surface area contributed by atoms with Gasteiger partial charge in [0.25, 0.3) is 6.43 Å². The number of hydrogen-bond donors (Lipinski definition) is 1. The SMILES string of the molecule is CNC(CCOCC(F)F)CC1CCCC1. The molecular formula is C12H23F2NO. The second-order valence-electron chi connectivity index (χ2n) is 4.63. The van der Waals surface area contributed by atoms with Gasteiger partial charge in [-0.25, -0.2) is 8.78 Å². The summed E-state index contributed by atoms with van der Waals surface area (Å²) in [5.74, 6) is 0.826. The molecule has 0 aliphatic heterocycles. The molecule has 1 saturated carbocycles. The molecule has 1 aliphatic carbocycles. The third-order valence-electron chi connectivity index (χ3n) is 3.36. The summed E-state index contributed by atoms with van der Waals surface area (Å²) in [6.07, 6.45) is 5.01. The van der Waals surface area contributed by atoms with Crippen molar-refractivity contribution < 1.29 is 13.5 Å². The molecule has 96 valence electrons. The van der Waals surface area contributed by atoms with Crippen LogP contribution in [-0.2, 0) is 4.74 Å². The number of halogens is 2. The van der Waals surface area contributed by atoms with Crippen LogP contribution in [0, 0.1) is 5.92 Å². The highest BCUT2D eigenvalue weighted by Crippen LogP contribution is 2.29. The molecule has 1 aliphatic rings. The van der Waals surface area contributed by atoms with Crippen molar-refractivity contribution in [3.8, 4) is 0 Å². The maximum atomic E-state index is 11.8. The lowest BCUT2D eigenvalue weighted by atomic mass is 9.97. The third kappa shape index (κ3) is 5.75. The third-order valence-corrected chi connectivity index (χ3v) is 3.36. The van der Waals surface area contributed by atoms with Crippen molar-refractivity contribution in [1.29, 1.82) is 0 Å². The van der Waals surface area contributed by atoms with Gasteiger partial charge in [0.05, 0.1) is 0 Å². The van der Waals surface area contributed by atoms with Crippen LogP contribution in [0.2, 0.25) is 0 Å². The monoisotopic (exact) mass is 235 g/mol. The Kier molecular flexibility index (Phi) is 6.88. The van der Waals surface area contributed by atoms with Crippen LogP contribution in [0.15, 0.2) is 0 Å².